The quantitative estimate of drug-likeness (QED) is 0.196. The van der Waals surface area contributed by atoms with Gasteiger partial charge in [0, 0.05) is 71.1 Å². The lowest BCUT2D eigenvalue weighted by molar-refractivity contribution is 0.959. The smallest absolute Gasteiger partial charge is 0.140 e. The van der Waals surface area contributed by atoms with E-state index in [-0.39, 0.29) is 0 Å². The molecule has 5 heterocycles. The molecule has 0 aliphatic carbocycles. The van der Waals surface area contributed by atoms with Crippen LogP contribution in [0.1, 0.15) is 0 Å². The van der Waals surface area contributed by atoms with Crippen molar-refractivity contribution in [1.29, 1.82) is 0 Å². The fourth-order valence-corrected chi connectivity index (χ4v) is 6.70. The zero-order valence-electron chi connectivity index (χ0n) is 25.6. The van der Waals surface area contributed by atoms with Gasteiger partial charge in [-0.05, 0) is 71.8 Å². The van der Waals surface area contributed by atoms with Crippen molar-refractivity contribution in [2.24, 2.45) is 7.05 Å². The van der Waals surface area contributed by atoms with Crippen molar-refractivity contribution in [2.75, 3.05) is 0 Å². The first-order valence-corrected chi connectivity index (χ1v) is 15.6. The molecule has 6 heteroatoms. The highest BCUT2D eigenvalue weighted by atomic mass is 15.1. The van der Waals surface area contributed by atoms with E-state index in [1.807, 2.05) is 36.8 Å². The van der Waals surface area contributed by atoms with Gasteiger partial charge >= 0.3 is 0 Å². The van der Waals surface area contributed by atoms with Crippen LogP contribution in [0.15, 0.2) is 152 Å². The second-order valence-electron chi connectivity index (χ2n) is 11.7. The summed E-state index contributed by atoms with van der Waals surface area (Å²) in [7, 11) is 2.09. The Morgan fingerprint density at radius 3 is 1.96 bits per heavy atom. The summed E-state index contributed by atoms with van der Waals surface area (Å²) >= 11 is 0. The zero-order chi connectivity index (χ0) is 31.3. The van der Waals surface area contributed by atoms with E-state index in [1.165, 1.54) is 10.8 Å². The Morgan fingerprint density at radius 1 is 0.511 bits per heavy atom. The van der Waals surface area contributed by atoms with Crippen molar-refractivity contribution in [3.63, 3.8) is 0 Å². The summed E-state index contributed by atoms with van der Waals surface area (Å²) in [4.78, 5) is 18.4. The van der Waals surface area contributed by atoms with Crippen LogP contribution in [-0.4, -0.2) is 29.1 Å². The normalized spacial score (nSPS) is 11.5. The van der Waals surface area contributed by atoms with Crippen molar-refractivity contribution in [3.05, 3.63) is 152 Å². The summed E-state index contributed by atoms with van der Waals surface area (Å²) in [6.07, 6.45) is 9.25. The van der Waals surface area contributed by atoms with Crippen molar-refractivity contribution in [3.8, 4) is 50.6 Å². The average molecular weight is 605 g/mol. The molecule has 0 fully saturated rings. The van der Waals surface area contributed by atoms with Crippen LogP contribution in [-0.2, 0) is 7.05 Å². The maximum atomic E-state index is 5.03. The van der Waals surface area contributed by atoms with Crippen LogP contribution in [0.3, 0.4) is 0 Å². The molecule has 0 N–H and O–H groups in total. The van der Waals surface area contributed by atoms with Crippen molar-refractivity contribution < 1.29 is 0 Å². The highest BCUT2D eigenvalue weighted by Crippen LogP contribution is 2.39. The Balaban J connectivity index is 1.28. The molecule has 0 radical (unpaired) electrons. The van der Waals surface area contributed by atoms with Gasteiger partial charge in [-0.25, -0.2) is 4.98 Å². The van der Waals surface area contributed by atoms with Crippen LogP contribution in [0.25, 0.3) is 83.4 Å². The van der Waals surface area contributed by atoms with Crippen LogP contribution in [0.2, 0.25) is 0 Å². The minimum absolute atomic E-state index is 0.909. The highest BCUT2D eigenvalue weighted by Gasteiger charge is 2.19. The van der Waals surface area contributed by atoms with E-state index in [2.05, 4.69) is 129 Å². The van der Waals surface area contributed by atoms with Gasteiger partial charge in [0.1, 0.15) is 5.82 Å². The Labute approximate surface area is 271 Å². The van der Waals surface area contributed by atoms with Gasteiger partial charge in [-0.3, -0.25) is 15.0 Å². The van der Waals surface area contributed by atoms with Gasteiger partial charge in [0.05, 0.1) is 33.4 Å². The number of hydrogen-bond donors (Lipinski definition) is 0. The lowest BCUT2D eigenvalue weighted by Gasteiger charge is -2.16. The number of pyridine rings is 3. The summed E-state index contributed by atoms with van der Waals surface area (Å²) < 4.78 is 4.56. The van der Waals surface area contributed by atoms with E-state index in [4.69, 9.17) is 9.97 Å². The molecule has 0 saturated heterocycles. The molecule has 0 aliphatic heterocycles. The van der Waals surface area contributed by atoms with E-state index in [0.717, 1.165) is 72.7 Å². The molecular weight excluding hydrogens is 576 g/mol. The van der Waals surface area contributed by atoms with Gasteiger partial charge in [-0.15, -0.1) is 0 Å². The van der Waals surface area contributed by atoms with Crippen molar-refractivity contribution in [2.45, 2.75) is 0 Å². The number of para-hydroxylation sites is 3. The molecule has 0 aliphatic rings. The first kappa shape index (κ1) is 27.0. The van der Waals surface area contributed by atoms with Crippen LogP contribution < -0.4 is 0 Å². The Morgan fingerprint density at radius 2 is 1.19 bits per heavy atom. The van der Waals surface area contributed by atoms with Crippen molar-refractivity contribution >= 4 is 32.8 Å². The standard InChI is InChI=1S/C41H28N6/c1-46-38-9-5-3-7-36(38)45-41(46)30-11-14-34-33-6-2-4-8-37(33)47(40(34)25-30)39-24-29(10-13-32(39)28-18-22-43-23-19-28)35-15-12-31(26-44-35)27-16-20-42-21-17-27/h2-26H,1H3. The molecule has 47 heavy (non-hydrogen) atoms. The van der Waals surface area contributed by atoms with E-state index in [0.29, 0.717) is 0 Å². The molecule has 0 atom stereocenters. The Hall–Kier alpha value is -6.40. The fourth-order valence-electron chi connectivity index (χ4n) is 6.70. The third-order valence-electron chi connectivity index (χ3n) is 9.02. The minimum Gasteiger partial charge on any atom is -0.327 e. The molecule has 0 amide bonds. The average Bonchev–Trinajstić information content (AvgIpc) is 3.66. The maximum Gasteiger partial charge on any atom is 0.140 e. The molecule has 9 aromatic rings. The lowest BCUT2D eigenvalue weighted by Crippen LogP contribution is -1.99. The number of imidazole rings is 1. The molecular formula is C41H28N6. The van der Waals surface area contributed by atoms with Gasteiger partial charge in [-0.1, -0.05) is 60.7 Å². The number of aryl methyl sites for hydroxylation is 1. The molecule has 0 bridgehead atoms. The van der Waals surface area contributed by atoms with Gasteiger partial charge in [0.15, 0.2) is 0 Å². The first-order chi connectivity index (χ1) is 23.2. The largest absolute Gasteiger partial charge is 0.327 e. The third kappa shape index (κ3) is 4.50. The summed E-state index contributed by atoms with van der Waals surface area (Å²) in [5.74, 6) is 0.937. The van der Waals surface area contributed by atoms with Crippen LogP contribution in [0.4, 0.5) is 0 Å². The van der Waals surface area contributed by atoms with Crippen LogP contribution in [0.5, 0.6) is 0 Å². The summed E-state index contributed by atoms with van der Waals surface area (Å²) in [6.45, 7) is 0. The number of hydrogen-bond acceptors (Lipinski definition) is 4. The molecule has 0 spiro atoms. The number of rotatable bonds is 5. The van der Waals surface area contributed by atoms with Gasteiger partial charge in [0.2, 0.25) is 0 Å². The molecule has 9 rings (SSSR count). The van der Waals surface area contributed by atoms with Crippen molar-refractivity contribution in [1.82, 2.24) is 29.1 Å². The van der Waals surface area contributed by atoms with E-state index in [1.54, 1.807) is 12.4 Å². The molecule has 0 unspecified atom stereocenters. The molecule has 222 valence electrons. The van der Waals surface area contributed by atoms with Gasteiger partial charge in [0.25, 0.3) is 0 Å². The number of nitrogens with zero attached hydrogens (tertiary/aromatic N) is 6. The minimum atomic E-state index is 0.909. The Bertz CT molecular complexity index is 2560. The monoisotopic (exact) mass is 604 g/mol. The second kappa shape index (κ2) is 10.9. The van der Waals surface area contributed by atoms with Crippen LogP contribution >= 0.6 is 0 Å². The number of aromatic nitrogens is 6. The predicted octanol–water partition coefficient (Wildman–Crippen LogP) is 9.52. The maximum absolute atomic E-state index is 5.03. The third-order valence-corrected chi connectivity index (χ3v) is 9.02. The number of benzene rings is 4. The topological polar surface area (TPSA) is 61.4 Å². The fraction of sp³-hybridized carbons (Fsp3) is 0.0244. The summed E-state index contributed by atoms with van der Waals surface area (Å²) in [5, 5.41) is 2.39. The highest BCUT2D eigenvalue weighted by molar-refractivity contribution is 6.10. The van der Waals surface area contributed by atoms with E-state index in [9.17, 15) is 0 Å². The zero-order valence-corrected chi connectivity index (χ0v) is 25.6. The second-order valence-corrected chi connectivity index (χ2v) is 11.7. The SMILES string of the molecule is Cn1c(-c2ccc3c4ccccc4n(-c4cc(-c5ccc(-c6ccncc6)cn5)ccc4-c4ccncc4)c3c2)nc2ccccc21. The molecule has 0 saturated carbocycles. The van der Waals surface area contributed by atoms with E-state index >= 15 is 0 Å². The first-order valence-electron chi connectivity index (χ1n) is 15.6. The number of fused-ring (bicyclic) bond motifs is 4. The molecule has 4 aromatic carbocycles. The summed E-state index contributed by atoms with van der Waals surface area (Å²) in [6, 6.07) is 42.6. The molecule has 6 nitrogen and oxygen atoms in total. The lowest BCUT2D eigenvalue weighted by atomic mass is 10.00. The summed E-state index contributed by atoms with van der Waals surface area (Å²) in [5.41, 5.74) is 12.8. The predicted molar refractivity (Wildman–Crippen MR) is 190 cm³/mol. The van der Waals surface area contributed by atoms with Crippen LogP contribution in [0, 0.1) is 0 Å². The molecule has 5 aromatic heterocycles. The van der Waals surface area contributed by atoms with Gasteiger partial charge in [-0.2, -0.15) is 0 Å². The Kier molecular flexibility index (Phi) is 6.25. The van der Waals surface area contributed by atoms with Gasteiger partial charge < -0.3 is 9.13 Å². The van der Waals surface area contributed by atoms with E-state index < -0.39 is 0 Å².